The third kappa shape index (κ3) is 3.81. The van der Waals surface area contributed by atoms with Gasteiger partial charge in [0.25, 0.3) is 0 Å². The topological polar surface area (TPSA) is 112 Å². The molecule has 0 bridgehead atoms. The Balaban J connectivity index is 1.50. The summed E-state index contributed by atoms with van der Waals surface area (Å²) in [6, 6.07) is 13.7. The highest BCUT2D eigenvalue weighted by atomic mass is 16.5. The number of carbonyl (C=O) groups excluding carboxylic acids is 1. The fourth-order valence-electron chi connectivity index (χ4n) is 3.97. The Bertz CT molecular complexity index is 1560. The maximum atomic E-state index is 13.1. The number of aryl methyl sites for hydroxylation is 1. The summed E-state index contributed by atoms with van der Waals surface area (Å²) in [5, 5.41) is 11.3. The first-order valence-corrected chi connectivity index (χ1v) is 10.7. The molecule has 1 aromatic carbocycles. The van der Waals surface area contributed by atoms with E-state index in [1.54, 1.807) is 38.3 Å². The zero-order valence-corrected chi connectivity index (χ0v) is 18.9. The van der Waals surface area contributed by atoms with E-state index in [-0.39, 0.29) is 28.9 Å². The number of nitrogens with one attached hydrogen (secondary N) is 1. The summed E-state index contributed by atoms with van der Waals surface area (Å²) < 4.78 is 18.8. The zero-order valence-electron chi connectivity index (χ0n) is 18.9. The molecule has 5 rings (SSSR count). The van der Waals surface area contributed by atoms with Gasteiger partial charge in [-0.15, -0.1) is 10.2 Å². The molecular formula is C25H22N4O5. The molecule has 0 spiro atoms. The van der Waals surface area contributed by atoms with Crippen molar-refractivity contribution in [2.75, 3.05) is 7.11 Å². The Kier molecular flexibility index (Phi) is 5.37. The molecule has 0 saturated heterocycles. The van der Waals surface area contributed by atoms with Gasteiger partial charge in [-0.25, -0.2) is 0 Å². The van der Waals surface area contributed by atoms with E-state index in [2.05, 4.69) is 15.5 Å². The van der Waals surface area contributed by atoms with Crippen molar-refractivity contribution >= 4 is 22.7 Å². The van der Waals surface area contributed by atoms with Gasteiger partial charge in [0.15, 0.2) is 17.1 Å². The normalized spacial score (nSPS) is 12.2. The van der Waals surface area contributed by atoms with E-state index in [9.17, 15) is 9.59 Å². The second-order valence-corrected chi connectivity index (χ2v) is 7.97. The molecule has 1 amide bonds. The first-order chi connectivity index (χ1) is 16.4. The summed E-state index contributed by atoms with van der Waals surface area (Å²) >= 11 is 0. The van der Waals surface area contributed by atoms with E-state index in [1.807, 2.05) is 35.7 Å². The molecule has 0 fully saturated rings. The van der Waals surface area contributed by atoms with Crippen LogP contribution in [0.1, 0.15) is 30.1 Å². The van der Waals surface area contributed by atoms with Crippen molar-refractivity contribution in [1.82, 2.24) is 19.9 Å². The molecule has 9 nitrogen and oxygen atoms in total. The monoisotopic (exact) mass is 458 g/mol. The van der Waals surface area contributed by atoms with Crippen molar-refractivity contribution in [3.63, 3.8) is 0 Å². The molecule has 4 heterocycles. The number of benzene rings is 1. The van der Waals surface area contributed by atoms with Crippen LogP contribution in [-0.2, 0) is 11.2 Å². The highest BCUT2D eigenvalue weighted by molar-refractivity contribution is 5.90. The van der Waals surface area contributed by atoms with Crippen molar-refractivity contribution in [3.8, 4) is 17.1 Å². The molecule has 1 N–H and O–H groups in total. The summed E-state index contributed by atoms with van der Waals surface area (Å²) in [7, 11) is 1.58. The zero-order chi connectivity index (χ0) is 23.8. The molecule has 0 aliphatic carbocycles. The highest BCUT2D eigenvalue weighted by Gasteiger charge is 2.24. The van der Waals surface area contributed by atoms with Crippen molar-refractivity contribution in [3.05, 3.63) is 82.1 Å². The number of rotatable bonds is 6. The van der Waals surface area contributed by atoms with Crippen LogP contribution in [0, 0.1) is 6.92 Å². The third-order valence-corrected chi connectivity index (χ3v) is 5.57. The number of amides is 1. The van der Waals surface area contributed by atoms with Crippen LogP contribution in [0.2, 0.25) is 0 Å². The third-order valence-electron chi connectivity index (χ3n) is 5.57. The van der Waals surface area contributed by atoms with Gasteiger partial charge in [-0.2, -0.15) is 0 Å². The summed E-state index contributed by atoms with van der Waals surface area (Å²) in [5.74, 6) is 1.85. The van der Waals surface area contributed by atoms with E-state index in [4.69, 9.17) is 13.6 Å². The molecule has 5 aromatic rings. The van der Waals surface area contributed by atoms with Gasteiger partial charge in [0, 0.05) is 17.8 Å². The molecular weight excluding hydrogens is 436 g/mol. The van der Waals surface area contributed by atoms with Gasteiger partial charge in [0.2, 0.25) is 16.9 Å². The fourth-order valence-corrected chi connectivity index (χ4v) is 3.97. The van der Waals surface area contributed by atoms with E-state index < -0.39 is 6.04 Å². The first-order valence-electron chi connectivity index (χ1n) is 10.7. The second-order valence-electron chi connectivity index (χ2n) is 7.97. The molecule has 9 heteroatoms. The molecule has 34 heavy (non-hydrogen) atoms. The Morgan fingerprint density at radius 3 is 2.68 bits per heavy atom. The number of methoxy groups -OCH3 is 1. The maximum Gasteiger partial charge on any atom is 0.228 e. The largest absolute Gasteiger partial charge is 0.497 e. The number of carbonyl (C=O) groups is 1. The van der Waals surface area contributed by atoms with E-state index in [1.165, 1.54) is 6.07 Å². The summed E-state index contributed by atoms with van der Waals surface area (Å²) in [6.07, 6.45) is 1.79. The van der Waals surface area contributed by atoms with Gasteiger partial charge in [0.05, 0.1) is 25.1 Å². The Labute approximate surface area is 194 Å². The summed E-state index contributed by atoms with van der Waals surface area (Å²) in [5.41, 5.74) is 1.93. The van der Waals surface area contributed by atoms with Crippen molar-refractivity contribution in [2.45, 2.75) is 26.3 Å². The molecule has 172 valence electrons. The minimum Gasteiger partial charge on any atom is -0.497 e. The number of furan rings is 1. The minimum atomic E-state index is -0.402. The van der Waals surface area contributed by atoms with Crippen LogP contribution in [-0.4, -0.2) is 27.6 Å². The van der Waals surface area contributed by atoms with Gasteiger partial charge in [-0.05, 0) is 50.2 Å². The predicted molar refractivity (Wildman–Crippen MR) is 125 cm³/mol. The van der Waals surface area contributed by atoms with Crippen molar-refractivity contribution in [1.29, 1.82) is 0 Å². The predicted octanol–water partition coefficient (Wildman–Crippen LogP) is 3.83. The van der Waals surface area contributed by atoms with Crippen LogP contribution in [0.25, 0.3) is 28.1 Å². The molecule has 0 aliphatic heterocycles. The van der Waals surface area contributed by atoms with Gasteiger partial charge < -0.3 is 18.9 Å². The number of pyridine rings is 1. The molecule has 4 aromatic heterocycles. The van der Waals surface area contributed by atoms with Gasteiger partial charge in [0.1, 0.15) is 17.3 Å². The fraction of sp³-hybridized carbons (Fsp3) is 0.200. The lowest BCUT2D eigenvalue weighted by molar-refractivity contribution is -0.121. The highest BCUT2D eigenvalue weighted by Crippen LogP contribution is 2.34. The number of aromatic nitrogens is 3. The average Bonchev–Trinajstić information content (AvgIpc) is 3.41. The minimum absolute atomic E-state index is 0.0537. The molecule has 1 atom stereocenters. The molecule has 0 radical (unpaired) electrons. The van der Waals surface area contributed by atoms with Crippen LogP contribution in [0.4, 0.5) is 0 Å². The summed E-state index contributed by atoms with van der Waals surface area (Å²) in [6.45, 7) is 3.52. The number of fused-ring (bicyclic) bond motifs is 2. The smallest absolute Gasteiger partial charge is 0.228 e. The van der Waals surface area contributed by atoms with Crippen LogP contribution in [0.3, 0.4) is 0 Å². The number of ether oxygens (including phenoxy) is 1. The number of hydrogen-bond donors (Lipinski definition) is 1. The van der Waals surface area contributed by atoms with E-state index in [0.29, 0.717) is 39.9 Å². The van der Waals surface area contributed by atoms with E-state index >= 15 is 0 Å². The molecule has 0 aliphatic rings. The SMILES string of the molecule is COc1ccc(-c2oc3c(=O)cc(C)oc3c2CC(=O)N[C@H](C)c2nnc3ccccn23)cc1. The Hall–Kier alpha value is -4.40. The molecule has 0 unspecified atom stereocenters. The van der Waals surface area contributed by atoms with Gasteiger partial charge >= 0.3 is 0 Å². The Morgan fingerprint density at radius 2 is 1.91 bits per heavy atom. The van der Waals surface area contributed by atoms with Crippen molar-refractivity contribution in [2.24, 2.45) is 0 Å². The van der Waals surface area contributed by atoms with Gasteiger partial charge in [-0.3, -0.25) is 14.0 Å². The van der Waals surface area contributed by atoms with Crippen LogP contribution >= 0.6 is 0 Å². The summed E-state index contributed by atoms with van der Waals surface area (Å²) in [4.78, 5) is 25.6. The first kappa shape index (κ1) is 21.4. The van der Waals surface area contributed by atoms with Gasteiger partial charge in [-0.1, -0.05) is 6.07 Å². The lowest BCUT2D eigenvalue weighted by Gasteiger charge is -2.12. The van der Waals surface area contributed by atoms with Crippen LogP contribution in [0.15, 0.2) is 68.4 Å². The number of hydrogen-bond acceptors (Lipinski definition) is 7. The lowest BCUT2D eigenvalue weighted by atomic mass is 10.0. The quantitative estimate of drug-likeness (QED) is 0.411. The standard InChI is InChI=1S/C25H22N4O5/c1-14-12-19(30)24-23(33-14)18(22(34-24)16-7-9-17(32-3)10-8-16)13-21(31)26-15(2)25-28-27-20-6-4-5-11-29(20)25/h4-12,15H,13H2,1-3H3,(H,26,31)/t15-/m1/s1. The van der Waals surface area contributed by atoms with Crippen LogP contribution < -0.4 is 15.5 Å². The van der Waals surface area contributed by atoms with E-state index in [0.717, 1.165) is 0 Å². The van der Waals surface area contributed by atoms with Crippen molar-refractivity contribution < 1.29 is 18.4 Å². The maximum absolute atomic E-state index is 13.1. The number of nitrogens with zero attached hydrogens (tertiary/aromatic N) is 3. The second kappa shape index (κ2) is 8.51. The Morgan fingerprint density at radius 1 is 1.12 bits per heavy atom. The average molecular weight is 458 g/mol. The molecule has 0 saturated carbocycles. The lowest BCUT2D eigenvalue weighted by Crippen LogP contribution is -2.29. The van der Waals surface area contributed by atoms with Crippen LogP contribution in [0.5, 0.6) is 5.75 Å².